The zero-order chi connectivity index (χ0) is 13.5. The van der Waals surface area contributed by atoms with Gasteiger partial charge in [-0.25, -0.2) is 4.79 Å². The van der Waals surface area contributed by atoms with Crippen LogP contribution >= 0.6 is 0 Å². The number of benzene rings is 1. The van der Waals surface area contributed by atoms with Gasteiger partial charge in [0.2, 0.25) is 0 Å². The molecule has 1 N–H and O–H groups in total. The molecule has 0 aliphatic rings. The Kier molecular flexibility index (Phi) is 5.49. The fourth-order valence-electron chi connectivity index (χ4n) is 1.60. The smallest absolute Gasteiger partial charge is 0.339 e. The maximum Gasteiger partial charge on any atom is 0.339 e. The molecule has 0 saturated heterocycles. The van der Waals surface area contributed by atoms with Crippen molar-refractivity contribution in [2.45, 2.75) is 26.7 Å². The summed E-state index contributed by atoms with van der Waals surface area (Å²) in [5.74, 6) is 0.533. The number of hydrogen-bond acceptors (Lipinski definition) is 3. The number of methoxy groups -OCH3 is 1. The molecule has 0 fully saturated rings. The third kappa shape index (κ3) is 4.28. The minimum atomic E-state index is -1.01. The van der Waals surface area contributed by atoms with Crippen molar-refractivity contribution in [2.24, 2.45) is 5.92 Å². The molecule has 1 aromatic carbocycles. The number of carboxylic acid groups (broad SMARTS) is 1. The molecule has 4 heteroatoms. The largest absolute Gasteiger partial charge is 0.497 e. The summed E-state index contributed by atoms with van der Waals surface area (Å²) in [5.41, 5.74) is 0.138. The van der Waals surface area contributed by atoms with Crippen molar-refractivity contribution < 1.29 is 19.4 Å². The predicted molar refractivity (Wildman–Crippen MR) is 69.5 cm³/mol. The summed E-state index contributed by atoms with van der Waals surface area (Å²) in [6.45, 7) is 4.83. The highest BCUT2D eigenvalue weighted by Gasteiger charge is 2.12. The SMILES string of the molecule is COc1ccc(OCCCC(C)C)c(C(=O)O)c1. The minimum Gasteiger partial charge on any atom is -0.497 e. The van der Waals surface area contributed by atoms with Gasteiger partial charge in [0.1, 0.15) is 17.1 Å². The first-order chi connectivity index (χ1) is 8.54. The Morgan fingerprint density at radius 3 is 2.67 bits per heavy atom. The lowest BCUT2D eigenvalue weighted by atomic mass is 10.1. The van der Waals surface area contributed by atoms with Crippen LogP contribution < -0.4 is 9.47 Å². The Morgan fingerprint density at radius 1 is 1.39 bits per heavy atom. The molecule has 0 atom stereocenters. The molecule has 0 aromatic heterocycles. The molecular formula is C14H20O4. The van der Waals surface area contributed by atoms with E-state index >= 15 is 0 Å². The summed E-state index contributed by atoms with van der Waals surface area (Å²) < 4.78 is 10.5. The van der Waals surface area contributed by atoms with E-state index in [1.54, 1.807) is 12.1 Å². The van der Waals surface area contributed by atoms with Gasteiger partial charge in [-0.2, -0.15) is 0 Å². The van der Waals surface area contributed by atoms with Gasteiger partial charge in [0.05, 0.1) is 13.7 Å². The van der Waals surface area contributed by atoms with Crippen molar-refractivity contribution in [3.05, 3.63) is 23.8 Å². The molecule has 0 saturated carbocycles. The Hall–Kier alpha value is -1.71. The molecule has 0 unspecified atom stereocenters. The van der Waals surface area contributed by atoms with Crippen LogP contribution in [0.25, 0.3) is 0 Å². The van der Waals surface area contributed by atoms with Gasteiger partial charge in [0.25, 0.3) is 0 Å². The van der Waals surface area contributed by atoms with Crippen LogP contribution in [0.5, 0.6) is 11.5 Å². The Bertz CT molecular complexity index is 399. The predicted octanol–water partition coefficient (Wildman–Crippen LogP) is 3.21. The first kappa shape index (κ1) is 14.4. The average Bonchev–Trinajstić information content (AvgIpc) is 2.34. The van der Waals surface area contributed by atoms with Gasteiger partial charge in [-0.3, -0.25) is 0 Å². The molecule has 1 aromatic rings. The van der Waals surface area contributed by atoms with Crippen molar-refractivity contribution in [2.75, 3.05) is 13.7 Å². The standard InChI is InChI=1S/C14H20O4/c1-10(2)5-4-8-18-13-7-6-11(17-3)9-12(13)14(15)16/h6-7,9-10H,4-5,8H2,1-3H3,(H,15,16). The lowest BCUT2D eigenvalue weighted by Crippen LogP contribution is -2.05. The van der Waals surface area contributed by atoms with Crippen LogP contribution in [0.1, 0.15) is 37.0 Å². The number of carboxylic acids is 1. The lowest BCUT2D eigenvalue weighted by molar-refractivity contribution is 0.0691. The highest BCUT2D eigenvalue weighted by molar-refractivity contribution is 5.91. The first-order valence-electron chi connectivity index (χ1n) is 6.08. The van der Waals surface area contributed by atoms with E-state index in [1.807, 2.05) is 0 Å². The van der Waals surface area contributed by atoms with Gasteiger partial charge in [-0.1, -0.05) is 13.8 Å². The van der Waals surface area contributed by atoms with Gasteiger partial charge in [-0.15, -0.1) is 0 Å². The Balaban J connectivity index is 2.67. The van der Waals surface area contributed by atoms with Crippen LogP contribution in [0, 0.1) is 5.92 Å². The topological polar surface area (TPSA) is 55.8 Å². The zero-order valence-corrected chi connectivity index (χ0v) is 11.1. The van der Waals surface area contributed by atoms with Gasteiger partial charge in [0, 0.05) is 0 Å². The molecule has 1 rings (SSSR count). The van der Waals surface area contributed by atoms with E-state index in [-0.39, 0.29) is 5.56 Å². The number of hydrogen-bond donors (Lipinski definition) is 1. The quantitative estimate of drug-likeness (QED) is 0.757. The number of aromatic carboxylic acids is 1. The number of rotatable bonds is 7. The highest BCUT2D eigenvalue weighted by atomic mass is 16.5. The van der Waals surface area contributed by atoms with Crippen LogP contribution in [0.2, 0.25) is 0 Å². The molecule has 0 aliphatic heterocycles. The van der Waals surface area contributed by atoms with Gasteiger partial charge in [-0.05, 0) is 37.0 Å². The summed E-state index contributed by atoms with van der Waals surface area (Å²) >= 11 is 0. The van der Waals surface area contributed by atoms with Gasteiger partial charge >= 0.3 is 5.97 Å². The van der Waals surface area contributed by atoms with E-state index in [9.17, 15) is 4.79 Å². The molecule has 0 aliphatic carbocycles. The first-order valence-corrected chi connectivity index (χ1v) is 6.08. The number of ether oxygens (including phenoxy) is 2. The highest BCUT2D eigenvalue weighted by Crippen LogP contribution is 2.24. The fourth-order valence-corrected chi connectivity index (χ4v) is 1.60. The molecular weight excluding hydrogens is 232 g/mol. The third-order valence-corrected chi connectivity index (χ3v) is 2.60. The Morgan fingerprint density at radius 2 is 2.11 bits per heavy atom. The van der Waals surface area contributed by atoms with Crippen molar-refractivity contribution in [3.8, 4) is 11.5 Å². The Labute approximate surface area is 108 Å². The van der Waals surface area contributed by atoms with Crippen molar-refractivity contribution in [1.29, 1.82) is 0 Å². The normalized spacial score (nSPS) is 10.4. The molecule has 4 nitrogen and oxygen atoms in total. The van der Waals surface area contributed by atoms with Crippen molar-refractivity contribution in [1.82, 2.24) is 0 Å². The molecule has 0 amide bonds. The molecule has 0 radical (unpaired) electrons. The summed E-state index contributed by atoms with van der Waals surface area (Å²) in [5, 5.41) is 9.09. The maximum atomic E-state index is 11.1. The molecule has 18 heavy (non-hydrogen) atoms. The van der Waals surface area contributed by atoms with E-state index in [2.05, 4.69) is 13.8 Å². The van der Waals surface area contributed by atoms with Crippen LogP contribution in [-0.4, -0.2) is 24.8 Å². The van der Waals surface area contributed by atoms with Crippen LogP contribution in [-0.2, 0) is 0 Å². The van der Waals surface area contributed by atoms with Crippen LogP contribution in [0.4, 0.5) is 0 Å². The summed E-state index contributed by atoms with van der Waals surface area (Å²) in [6.07, 6.45) is 1.99. The van der Waals surface area contributed by atoms with Crippen molar-refractivity contribution >= 4 is 5.97 Å². The van der Waals surface area contributed by atoms with Crippen LogP contribution in [0.3, 0.4) is 0 Å². The summed E-state index contributed by atoms with van der Waals surface area (Å²) in [4.78, 5) is 11.1. The maximum absolute atomic E-state index is 11.1. The molecule has 0 heterocycles. The second kappa shape index (κ2) is 6.89. The summed E-state index contributed by atoms with van der Waals surface area (Å²) in [6, 6.07) is 4.81. The minimum absolute atomic E-state index is 0.138. The van der Waals surface area contributed by atoms with Crippen LogP contribution in [0.15, 0.2) is 18.2 Å². The third-order valence-electron chi connectivity index (χ3n) is 2.60. The van der Waals surface area contributed by atoms with E-state index in [0.29, 0.717) is 24.0 Å². The van der Waals surface area contributed by atoms with E-state index in [0.717, 1.165) is 12.8 Å². The average molecular weight is 252 g/mol. The summed E-state index contributed by atoms with van der Waals surface area (Å²) in [7, 11) is 1.50. The van der Waals surface area contributed by atoms with Crippen molar-refractivity contribution in [3.63, 3.8) is 0 Å². The monoisotopic (exact) mass is 252 g/mol. The second-order valence-corrected chi connectivity index (χ2v) is 4.55. The van der Waals surface area contributed by atoms with Gasteiger partial charge in [0.15, 0.2) is 0 Å². The second-order valence-electron chi connectivity index (χ2n) is 4.55. The number of carbonyl (C=O) groups is 1. The fraction of sp³-hybridized carbons (Fsp3) is 0.500. The van der Waals surface area contributed by atoms with Gasteiger partial charge < -0.3 is 14.6 Å². The van der Waals surface area contributed by atoms with E-state index in [1.165, 1.54) is 13.2 Å². The molecule has 0 spiro atoms. The van der Waals surface area contributed by atoms with E-state index < -0.39 is 5.97 Å². The zero-order valence-electron chi connectivity index (χ0n) is 11.1. The molecule has 0 bridgehead atoms. The van der Waals surface area contributed by atoms with E-state index in [4.69, 9.17) is 14.6 Å². The lowest BCUT2D eigenvalue weighted by Gasteiger charge is -2.11. The molecule has 100 valence electrons.